The fraction of sp³-hybridized carbons (Fsp3) is 0.238. The number of hydrogen-bond donors (Lipinski definition) is 1. The molecule has 0 aliphatic rings. The van der Waals surface area contributed by atoms with E-state index in [1.807, 2.05) is 60.4 Å². The van der Waals surface area contributed by atoms with Crippen LogP contribution >= 0.6 is 11.6 Å². The number of hydrogen-bond acceptors (Lipinski definition) is 3. The van der Waals surface area contributed by atoms with Crippen LogP contribution in [0.2, 0.25) is 5.02 Å². The molecule has 3 aromatic heterocycles. The number of amides is 1. The third-order valence-corrected chi connectivity index (χ3v) is 5.33. The number of rotatable bonds is 5. The van der Waals surface area contributed by atoms with Crippen LogP contribution in [0.25, 0.3) is 11.1 Å². The Morgan fingerprint density at radius 2 is 2.04 bits per heavy atom. The first-order valence-electron chi connectivity index (χ1n) is 9.15. The number of anilines is 1. The van der Waals surface area contributed by atoms with Crippen molar-refractivity contribution in [3.8, 4) is 0 Å². The normalized spacial score (nSPS) is 11.3. The predicted octanol–water partition coefficient (Wildman–Crippen LogP) is 5.02. The van der Waals surface area contributed by atoms with Gasteiger partial charge in [-0.15, -0.1) is 0 Å². The number of nitrogens with zero attached hydrogens (tertiary/aromatic N) is 3. The number of carbonyl (C=O) groups excluding carboxylic acids is 1. The Balaban J connectivity index is 1.73. The lowest BCUT2D eigenvalue weighted by atomic mass is 10.2. The molecule has 28 heavy (non-hydrogen) atoms. The number of aromatic nitrogens is 3. The fourth-order valence-electron chi connectivity index (χ4n) is 3.50. The molecule has 1 N–H and O–H groups in total. The molecule has 0 aliphatic heterocycles. The minimum Gasteiger partial charge on any atom is -0.463 e. The molecule has 0 unspecified atom stereocenters. The maximum atomic E-state index is 13.1. The molecule has 3 heterocycles. The summed E-state index contributed by atoms with van der Waals surface area (Å²) in [7, 11) is 0. The van der Waals surface area contributed by atoms with Crippen molar-refractivity contribution >= 4 is 34.3 Å². The molecule has 4 aromatic rings. The topological polar surface area (TPSA) is 65.0 Å². The summed E-state index contributed by atoms with van der Waals surface area (Å²) in [4.78, 5) is 13.1. The molecule has 1 amide bonds. The maximum absolute atomic E-state index is 13.1. The van der Waals surface area contributed by atoms with Gasteiger partial charge in [0.1, 0.15) is 5.69 Å². The molecule has 1 aromatic carbocycles. The van der Waals surface area contributed by atoms with Crippen LogP contribution in [-0.2, 0) is 13.1 Å². The van der Waals surface area contributed by atoms with E-state index in [1.165, 1.54) is 0 Å². The molecule has 0 radical (unpaired) electrons. The Labute approximate surface area is 167 Å². The van der Waals surface area contributed by atoms with Gasteiger partial charge in [-0.2, -0.15) is 5.10 Å². The SMILES string of the molecule is CCn1nc(C)c(NC(=O)c2cc3occc3n2Cc2ccccc2Cl)c1C. The van der Waals surface area contributed by atoms with Crippen molar-refractivity contribution in [1.29, 1.82) is 0 Å². The lowest BCUT2D eigenvalue weighted by Gasteiger charge is -2.12. The second-order valence-corrected chi connectivity index (χ2v) is 7.10. The van der Waals surface area contributed by atoms with E-state index >= 15 is 0 Å². The predicted molar refractivity (Wildman–Crippen MR) is 110 cm³/mol. The van der Waals surface area contributed by atoms with Gasteiger partial charge < -0.3 is 14.3 Å². The first-order chi connectivity index (χ1) is 13.5. The molecule has 0 spiro atoms. The van der Waals surface area contributed by atoms with Crippen molar-refractivity contribution in [1.82, 2.24) is 14.3 Å². The van der Waals surface area contributed by atoms with Gasteiger partial charge >= 0.3 is 0 Å². The number of nitrogens with one attached hydrogen (secondary N) is 1. The van der Waals surface area contributed by atoms with E-state index in [4.69, 9.17) is 16.0 Å². The fourth-order valence-corrected chi connectivity index (χ4v) is 3.69. The first kappa shape index (κ1) is 18.4. The summed E-state index contributed by atoms with van der Waals surface area (Å²) in [6.45, 7) is 7.08. The highest BCUT2D eigenvalue weighted by Gasteiger charge is 2.21. The molecule has 0 fully saturated rings. The van der Waals surface area contributed by atoms with Crippen LogP contribution in [0.15, 0.2) is 47.1 Å². The van der Waals surface area contributed by atoms with E-state index in [2.05, 4.69) is 10.4 Å². The molecule has 0 aliphatic carbocycles. The molecular formula is C21H21ClN4O2. The zero-order valence-corrected chi connectivity index (χ0v) is 16.7. The van der Waals surface area contributed by atoms with Gasteiger partial charge in [0.25, 0.3) is 5.91 Å². The third kappa shape index (κ3) is 3.10. The maximum Gasteiger partial charge on any atom is 0.272 e. The number of fused-ring (bicyclic) bond motifs is 1. The summed E-state index contributed by atoms with van der Waals surface area (Å²) in [6.07, 6.45) is 1.62. The minimum absolute atomic E-state index is 0.208. The Morgan fingerprint density at radius 1 is 1.25 bits per heavy atom. The van der Waals surface area contributed by atoms with E-state index in [1.54, 1.807) is 12.3 Å². The second kappa shape index (κ2) is 7.20. The van der Waals surface area contributed by atoms with Gasteiger partial charge in [-0.05, 0) is 32.4 Å². The number of furan rings is 1. The van der Waals surface area contributed by atoms with Crippen molar-refractivity contribution in [2.24, 2.45) is 0 Å². The molecule has 0 saturated carbocycles. The number of benzene rings is 1. The lowest BCUT2D eigenvalue weighted by molar-refractivity contribution is 0.101. The highest BCUT2D eigenvalue weighted by molar-refractivity contribution is 6.31. The monoisotopic (exact) mass is 396 g/mol. The zero-order valence-electron chi connectivity index (χ0n) is 16.0. The number of halogens is 1. The Kier molecular flexibility index (Phi) is 4.73. The lowest BCUT2D eigenvalue weighted by Crippen LogP contribution is -2.18. The summed E-state index contributed by atoms with van der Waals surface area (Å²) in [5.74, 6) is -0.208. The quantitative estimate of drug-likeness (QED) is 0.515. The van der Waals surface area contributed by atoms with Crippen LogP contribution in [0, 0.1) is 13.8 Å². The van der Waals surface area contributed by atoms with E-state index in [0.29, 0.717) is 22.8 Å². The molecule has 0 bridgehead atoms. The molecule has 7 heteroatoms. The van der Waals surface area contributed by atoms with Crippen LogP contribution in [0.3, 0.4) is 0 Å². The van der Waals surface area contributed by atoms with E-state index < -0.39 is 0 Å². The van der Waals surface area contributed by atoms with Crippen molar-refractivity contribution in [2.45, 2.75) is 33.9 Å². The summed E-state index contributed by atoms with van der Waals surface area (Å²) in [6, 6.07) is 11.2. The summed E-state index contributed by atoms with van der Waals surface area (Å²) < 4.78 is 9.32. The van der Waals surface area contributed by atoms with Crippen molar-refractivity contribution in [2.75, 3.05) is 5.32 Å². The average molecular weight is 397 g/mol. The van der Waals surface area contributed by atoms with Crippen LogP contribution in [0.5, 0.6) is 0 Å². The van der Waals surface area contributed by atoms with E-state index in [9.17, 15) is 4.79 Å². The van der Waals surface area contributed by atoms with Crippen LogP contribution in [0.4, 0.5) is 5.69 Å². The first-order valence-corrected chi connectivity index (χ1v) is 9.53. The highest BCUT2D eigenvalue weighted by Crippen LogP contribution is 2.26. The van der Waals surface area contributed by atoms with Gasteiger partial charge in [0.15, 0.2) is 5.58 Å². The highest BCUT2D eigenvalue weighted by atomic mass is 35.5. The largest absolute Gasteiger partial charge is 0.463 e. The van der Waals surface area contributed by atoms with Crippen LogP contribution < -0.4 is 5.32 Å². The average Bonchev–Trinajstić information content (AvgIpc) is 3.34. The standard InChI is InChI=1S/C21H21ClN4O2/c1-4-26-14(3)20(13(2)24-26)23-21(27)18-11-19-17(9-10-28-19)25(18)12-15-7-5-6-8-16(15)22/h5-11H,4,12H2,1-3H3,(H,23,27). The van der Waals surface area contributed by atoms with Crippen molar-refractivity contribution in [3.05, 3.63) is 70.3 Å². The number of carbonyl (C=O) groups is 1. The van der Waals surface area contributed by atoms with Crippen molar-refractivity contribution in [3.63, 3.8) is 0 Å². The van der Waals surface area contributed by atoms with Gasteiger partial charge in [0.2, 0.25) is 0 Å². The molecule has 0 saturated heterocycles. The van der Waals surface area contributed by atoms with Gasteiger partial charge in [0, 0.05) is 30.2 Å². The Bertz CT molecular complexity index is 1170. The third-order valence-electron chi connectivity index (χ3n) is 4.96. The molecule has 144 valence electrons. The molecule has 4 rings (SSSR count). The van der Waals surface area contributed by atoms with Gasteiger partial charge in [-0.3, -0.25) is 9.48 Å². The molecular weight excluding hydrogens is 376 g/mol. The second-order valence-electron chi connectivity index (χ2n) is 6.69. The van der Waals surface area contributed by atoms with E-state index in [-0.39, 0.29) is 5.91 Å². The smallest absolute Gasteiger partial charge is 0.272 e. The van der Waals surface area contributed by atoms with E-state index in [0.717, 1.165) is 34.7 Å². The van der Waals surface area contributed by atoms with Crippen LogP contribution in [0.1, 0.15) is 34.4 Å². The van der Waals surface area contributed by atoms with Gasteiger partial charge in [-0.25, -0.2) is 0 Å². The Morgan fingerprint density at radius 3 is 2.75 bits per heavy atom. The van der Waals surface area contributed by atoms with Gasteiger partial charge in [0.05, 0.1) is 28.9 Å². The van der Waals surface area contributed by atoms with Crippen LogP contribution in [-0.4, -0.2) is 20.3 Å². The summed E-state index contributed by atoms with van der Waals surface area (Å²) >= 11 is 6.34. The molecule has 6 nitrogen and oxygen atoms in total. The van der Waals surface area contributed by atoms with Gasteiger partial charge in [-0.1, -0.05) is 29.8 Å². The van der Waals surface area contributed by atoms with Crippen molar-refractivity contribution < 1.29 is 9.21 Å². The number of aryl methyl sites for hydroxylation is 2. The summed E-state index contributed by atoms with van der Waals surface area (Å²) in [5, 5.41) is 8.15. The Hall–Kier alpha value is -2.99. The molecule has 0 atom stereocenters. The summed E-state index contributed by atoms with van der Waals surface area (Å²) in [5.41, 5.74) is 5.42. The minimum atomic E-state index is -0.208. The zero-order chi connectivity index (χ0) is 19.8.